The molecule has 0 aliphatic heterocycles. The second-order valence-electron chi connectivity index (χ2n) is 2.24. The third-order valence-corrected chi connectivity index (χ3v) is 1.29. The topological polar surface area (TPSA) is 57.5 Å². The number of aliphatic carboxylic acids is 1. The zero-order valence-electron chi connectivity index (χ0n) is 5.82. The molecule has 0 amide bonds. The molecule has 0 fully saturated rings. The van der Waals surface area contributed by atoms with Gasteiger partial charge in [-0.05, 0) is 17.7 Å². The molecule has 60 valence electrons. The number of rotatable bonds is 2. The Bertz CT molecular complexity index is 256. The van der Waals surface area contributed by atoms with Crippen molar-refractivity contribution in [3.05, 3.63) is 29.8 Å². The Morgan fingerprint density at radius 2 is 1.75 bits per heavy atom. The Kier molecular flexibility index (Phi) is 4.97. The van der Waals surface area contributed by atoms with Gasteiger partial charge in [-0.2, -0.15) is 0 Å². The number of hydrogen-bond donors (Lipinski definition) is 2. The number of phenols is 1. The van der Waals surface area contributed by atoms with Crippen LogP contribution in [-0.4, -0.2) is 45.7 Å². The Morgan fingerprint density at radius 1 is 1.25 bits per heavy atom. The molecular formula is C8H9NaO3. The number of phenolic OH excluding ortho intramolecular Hbond substituents is 1. The fraction of sp³-hybridized carbons (Fsp3) is 0.125. The predicted molar refractivity (Wildman–Crippen MR) is 46.6 cm³/mol. The summed E-state index contributed by atoms with van der Waals surface area (Å²) in [7, 11) is 0. The van der Waals surface area contributed by atoms with Crippen LogP contribution in [0.2, 0.25) is 0 Å². The van der Waals surface area contributed by atoms with Crippen molar-refractivity contribution >= 4 is 35.5 Å². The van der Waals surface area contributed by atoms with Crippen molar-refractivity contribution in [3.8, 4) is 5.75 Å². The predicted octanol–water partition coefficient (Wildman–Crippen LogP) is 0.371. The molecule has 0 radical (unpaired) electrons. The molecule has 0 saturated heterocycles. The molecule has 3 nitrogen and oxygen atoms in total. The van der Waals surface area contributed by atoms with Crippen molar-refractivity contribution in [1.29, 1.82) is 0 Å². The maximum absolute atomic E-state index is 10.2. The van der Waals surface area contributed by atoms with Crippen LogP contribution in [-0.2, 0) is 11.2 Å². The number of carboxylic acids is 1. The minimum absolute atomic E-state index is 0. The Labute approximate surface area is 92.3 Å². The van der Waals surface area contributed by atoms with Gasteiger partial charge in [0.2, 0.25) is 0 Å². The molecule has 0 aromatic heterocycles. The van der Waals surface area contributed by atoms with Crippen LogP contribution >= 0.6 is 0 Å². The summed E-state index contributed by atoms with van der Waals surface area (Å²) in [6.07, 6.45) is 0.000278. The van der Waals surface area contributed by atoms with E-state index in [4.69, 9.17) is 10.2 Å². The van der Waals surface area contributed by atoms with Crippen LogP contribution in [0.4, 0.5) is 0 Å². The van der Waals surface area contributed by atoms with E-state index in [1.807, 2.05) is 0 Å². The molecule has 0 heterocycles. The summed E-state index contributed by atoms with van der Waals surface area (Å²) in [6, 6.07) is 6.11. The first-order chi connectivity index (χ1) is 5.18. The molecule has 0 saturated carbocycles. The standard InChI is InChI=1S/C8H8O3.Na.H/c9-7-3-1-6(2-4-7)5-8(10)11;;/h1-4,9H,5H2,(H,10,11);;. The average molecular weight is 176 g/mol. The quantitative estimate of drug-likeness (QED) is 0.640. The number of carbonyl (C=O) groups is 1. The Morgan fingerprint density at radius 3 is 2.17 bits per heavy atom. The van der Waals surface area contributed by atoms with Crippen molar-refractivity contribution in [2.75, 3.05) is 0 Å². The van der Waals surface area contributed by atoms with Gasteiger partial charge in [-0.3, -0.25) is 4.79 Å². The van der Waals surface area contributed by atoms with Crippen LogP contribution in [0.25, 0.3) is 0 Å². The van der Waals surface area contributed by atoms with Gasteiger partial charge in [0, 0.05) is 0 Å². The van der Waals surface area contributed by atoms with Gasteiger partial charge in [0.25, 0.3) is 0 Å². The molecule has 0 atom stereocenters. The van der Waals surface area contributed by atoms with Crippen molar-refractivity contribution in [3.63, 3.8) is 0 Å². The van der Waals surface area contributed by atoms with Gasteiger partial charge in [-0.1, -0.05) is 12.1 Å². The summed E-state index contributed by atoms with van der Waals surface area (Å²) in [5.74, 6) is -0.713. The fourth-order valence-electron chi connectivity index (χ4n) is 0.788. The van der Waals surface area contributed by atoms with Crippen LogP contribution in [0.15, 0.2) is 24.3 Å². The second-order valence-corrected chi connectivity index (χ2v) is 2.24. The second kappa shape index (κ2) is 5.19. The van der Waals surface area contributed by atoms with Gasteiger partial charge in [-0.25, -0.2) is 0 Å². The molecule has 1 rings (SSSR count). The van der Waals surface area contributed by atoms with E-state index in [-0.39, 0.29) is 41.7 Å². The molecule has 0 bridgehead atoms. The van der Waals surface area contributed by atoms with Gasteiger partial charge in [0.15, 0.2) is 0 Å². The van der Waals surface area contributed by atoms with Crippen molar-refractivity contribution in [2.24, 2.45) is 0 Å². The summed E-state index contributed by atoms with van der Waals surface area (Å²) >= 11 is 0. The van der Waals surface area contributed by atoms with Gasteiger partial charge in [0.05, 0.1) is 6.42 Å². The summed E-state index contributed by atoms with van der Waals surface area (Å²) in [5.41, 5.74) is 0.690. The molecule has 0 aliphatic rings. The summed E-state index contributed by atoms with van der Waals surface area (Å²) in [4.78, 5) is 10.2. The van der Waals surface area contributed by atoms with E-state index in [0.29, 0.717) is 5.56 Å². The van der Waals surface area contributed by atoms with Crippen LogP contribution in [0.5, 0.6) is 5.75 Å². The third kappa shape index (κ3) is 3.76. The molecule has 0 spiro atoms. The van der Waals surface area contributed by atoms with Crippen LogP contribution in [0.3, 0.4) is 0 Å². The fourth-order valence-corrected chi connectivity index (χ4v) is 0.788. The first-order valence-electron chi connectivity index (χ1n) is 3.18. The number of carboxylic acid groups (broad SMARTS) is 1. The SMILES string of the molecule is O=C(O)Cc1ccc(O)cc1.[NaH]. The van der Waals surface area contributed by atoms with Gasteiger partial charge < -0.3 is 10.2 Å². The van der Waals surface area contributed by atoms with Gasteiger partial charge in [0.1, 0.15) is 5.75 Å². The zero-order valence-corrected chi connectivity index (χ0v) is 5.82. The molecule has 0 unspecified atom stereocenters. The Balaban J connectivity index is 0.00000121. The van der Waals surface area contributed by atoms with Gasteiger partial charge >= 0.3 is 35.5 Å². The van der Waals surface area contributed by atoms with Gasteiger partial charge in [-0.15, -0.1) is 0 Å². The molecule has 1 aromatic carbocycles. The Hall–Kier alpha value is -0.510. The summed E-state index contributed by atoms with van der Waals surface area (Å²) in [5, 5.41) is 17.2. The number of hydrogen-bond acceptors (Lipinski definition) is 2. The summed E-state index contributed by atoms with van der Waals surface area (Å²) in [6.45, 7) is 0. The average Bonchev–Trinajstić information content (AvgIpc) is 1.93. The van der Waals surface area contributed by atoms with E-state index in [9.17, 15) is 4.79 Å². The molecule has 1 aromatic rings. The van der Waals surface area contributed by atoms with E-state index >= 15 is 0 Å². The maximum atomic E-state index is 10.2. The first kappa shape index (κ1) is 11.5. The number of benzene rings is 1. The van der Waals surface area contributed by atoms with Crippen molar-refractivity contribution in [2.45, 2.75) is 6.42 Å². The molecular weight excluding hydrogens is 167 g/mol. The van der Waals surface area contributed by atoms with Crippen LogP contribution in [0.1, 0.15) is 5.56 Å². The molecule has 12 heavy (non-hydrogen) atoms. The van der Waals surface area contributed by atoms with Crippen molar-refractivity contribution < 1.29 is 15.0 Å². The zero-order chi connectivity index (χ0) is 8.27. The van der Waals surface area contributed by atoms with E-state index in [0.717, 1.165) is 0 Å². The van der Waals surface area contributed by atoms with E-state index in [1.165, 1.54) is 12.1 Å². The van der Waals surface area contributed by atoms with Crippen molar-refractivity contribution in [1.82, 2.24) is 0 Å². The van der Waals surface area contributed by atoms with E-state index in [2.05, 4.69) is 0 Å². The normalized spacial score (nSPS) is 8.67. The third-order valence-electron chi connectivity index (χ3n) is 1.29. The van der Waals surface area contributed by atoms with Crippen LogP contribution < -0.4 is 0 Å². The minimum atomic E-state index is -0.865. The summed E-state index contributed by atoms with van der Waals surface area (Å²) < 4.78 is 0. The number of aromatic hydroxyl groups is 1. The molecule has 2 N–H and O–H groups in total. The molecule has 4 heteroatoms. The van der Waals surface area contributed by atoms with Crippen LogP contribution in [0, 0.1) is 0 Å². The monoisotopic (exact) mass is 176 g/mol. The molecule has 0 aliphatic carbocycles. The first-order valence-corrected chi connectivity index (χ1v) is 3.18. The van der Waals surface area contributed by atoms with E-state index in [1.54, 1.807) is 12.1 Å². The van der Waals surface area contributed by atoms with E-state index < -0.39 is 5.97 Å².